The summed E-state index contributed by atoms with van der Waals surface area (Å²) in [6, 6.07) is 19.6. The summed E-state index contributed by atoms with van der Waals surface area (Å²) in [4.78, 5) is 0.154. The highest BCUT2D eigenvalue weighted by Gasteiger charge is 2.20. The lowest BCUT2D eigenvalue weighted by molar-refractivity contribution is 0.587. The maximum atomic E-state index is 13.3. The van der Waals surface area contributed by atoms with Crippen molar-refractivity contribution in [2.75, 3.05) is 0 Å². The molecule has 3 nitrogen and oxygen atoms in total. The molecule has 0 aliphatic heterocycles. The maximum Gasteiger partial charge on any atom is 0.267 e. The summed E-state index contributed by atoms with van der Waals surface area (Å²) in [5, 5.41) is 0. The lowest BCUT2D eigenvalue weighted by Crippen LogP contribution is -2.10. The van der Waals surface area contributed by atoms with E-state index in [1.165, 1.54) is 48.8 Å². The first kappa shape index (κ1) is 18.1. The smallest absolute Gasteiger partial charge is 0.248 e. The first-order valence-electron chi connectivity index (χ1n) is 8.50. The van der Waals surface area contributed by atoms with Gasteiger partial charge in [-0.05, 0) is 47.5 Å². The number of benzene rings is 3. The second-order valence-corrected chi connectivity index (χ2v) is 8.09. The zero-order valence-electron chi connectivity index (χ0n) is 14.6. The van der Waals surface area contributed by atoms with Gasteiger partial charge in [-0.15, -0.1) is 0 Å². The molecule has 3 aromatic carbocycles. The van der Waals surface area contributed by atoms with Crippen LogP contribution in [0.3, 0.4) is 0 Å². The Labute approximate surface area is 161 Å². The average molecular weight is 395 g/mol. The van der Waals surface area contributed by atoms with E-state index in [2.05, 4.69) is 0 Å². The van der Waals surface area contributed by atoms with E-state index in [-0.39, 0.29) is 16.5 Å². The molecular formula is C22H15F2NO2S. The fourth-order valence-corrected chi connectivity index (χ4v) is 4.24. The van der Waals surface area contributed by atoms with Gasteiger partial charge in [0.25, 0.3) is 10.0 Å². The molecule has 0 amide bonds. The normalized spacial score (nSPS) is 11.5. The third kappa shape index (κ3) is 3.34. The van der Waals surface area contributed by atoms with Crippen molar-refractivity contribution in [3.05, 3.63) is 103 Å². The molecule has 6 heteroatoms. The van der Waals surface area contributed by atoms with Crippen molar-refractivity contribution < 1.29 is 17.2 Å². The largest absolute Gasteiger partial charge is 0.267 e. The molecule has 0 spiro atoms. The Morgan fingerprint density at radius 1 is 0.607 bits per heavy atom. The summed E-state index contributed by atoms with van der Waals surface area (Å²) < 4.78 is 53.9. The third-order valence-electron chi connectivity index (χ3n) is 4.43. The fraction of sp³-hybridized carbons (Fsp3) is 0. The quantitative estimate of drug-likeness (QED) is 0.468. The molecule has 1 heterocycles. The van der Waals surface area contributed by atoms with Gasteiger partial charge in [0.15, 0.2) is 0 Å². The Morgan fingerprint density at radius 2 is 1.04 bits per heavy atom. The van der Waals surface area contributed by atoms with Crippen LogP contribution in [-0.2, 0) is 10.0 Å². The molecule has 0 atom stereocenters. The van der Waals surface area contributed by atoms with Gasteiger partial charge in [0.1, 0.15) is 11.6 Å². The van der Waals surface area contributed by atoms with Gasteiger partial charge in [0.05, 0.1) is 4.90 Å². The lowest BCUT2D eigenvalue weighted by atomic mass is 9.99. The predicted molar refractivity (Wildman–Crippen MR) is 104 cm³/mol. The number of rotatable bonds is 4. The van der Waals surface area contributed by atoms with E-state index in [1.807, 2.05) is 0 Å². The highest BCUT2D eigenvalue weighted by molar-refractivity contribution is 7.90. The van der Waals surface area contributed by atoms with Crippen molar-refractivity contribution in [3.63, 3.8) is 0 Å². The van der Waals surface area contributed by atoms with Crippen LogP contribution in [0.1, 0.15) is 0 Å². The highest BCUT2D eigenvalue weighted by atomic mass is 32.2. The molecule has 0 radical (unpaired) electrons. The van der Waals surface area contributed by atoms with E-state index in [9.17, 15) is 17.2 Å². The predicted octanol–water partition coefficient (Wildman–Crippen LogP) is 5.34. The second-order valence-electron chi connectivity index (χ2n) is 6.25. The number of hydrogen-bond donors (Lipinski definition) is 0. The summed E-state index contributed by atoms with van der Waals surface area (Å²) in [6.45, 7) is 0. The molecule has 140 valence electrons. The van der Waals surface area contributed by atoms with Crippen molar-refractivity contribution >= 4 is 10.0 Å². The van der Waals surface area contributed by atoms with Crippen molar-refractivity contribution in [2.45, 2.75) is 4.90 Å². The van der Waals surface area contributed by atoms with Gasteiger partial charge in [0.2, 0.25) is 0 Å². The SMILES string of the molecule is O=S(=O)(c1ccccc1)n1cc(-c2ccc(F)cc2)c(-c2ccc(F)cc2)c1. The first-order chi connectivity index (χ1) is 13.4. The van der Waals surface area contributed by atoms with Crippen LogP contribution < -0.4 is 0 Å². The van der Waals surface area contributed by atoms with Crippen LogP contribution in [0.15, 0.2) is 96.2 Å². The zero-order valence-corrected chi connectivity index (χ0v) is 15.4. The topological polar surface area (TPSA) is 39.1 Å². The number of hydrogen-bond acceptors (Lipinski definition) is 2. The Morgan fingerprint density at radius 3 is 1.46 bits per heavy atom. The Hall–Kier alpha value is -3.25. The Kier molecular flexibility index (Phi) is 4.57. The minimum absolute atomic E-state index is 0.154. The fourth-order valence-electron chi connectivity index (χ4n) is 3.00. The summed E-state index contributed by atoms with van der Waals surface area (Å²) in [7, 11) is -3.80. The number of aromatic nitrogens is 1. The van der Waals surface area contributed by atoms with Gasteiger partial charge < -0.3 is 0 Å². The third-order valence-corrected chi connectivity index (χ3v) is 6.07. The Bertz CT molecular complexity index is 1150. The van der Waals surface area contributed by atoms with Gasteiger partial charge in [-0.3, -0.25) is 0 Å². The summed E-state index contributed by atoms with van der Waals surface area (Å²) >= 11 is 0. The maximum absolute atomic E-state index is 13.3. The average Bonchev–Trinajstić information content (AvgIpc) is 3.16. The van der Waals surface area contributed by atoms with Crippen LogP contribution in [0.5, 0.6) is 0 Å². The lowest BCUT2D eigenvalue weighted by Gasteiger charge is -2.05. The summed E-state index contributed by atoms with van der Waals surface area (Å²) in [5.74, 6) is -0.771. The standard InChI is InChI=1S/C22H15F2NO2S/c23-18-10-6-16(7-11-18)21-14-25(28(26,27)20-4-2-1-3-5-20)15-22(21)17-8-12-19(24)13-9-17/h1-15H. The molecule has 4 aromatic rings. The van der Waals surface area contributed by atoms with Crippen LogP contribution >= 0.6 is 0 Å². The van der Waals surface area contributed by atoms with Crippen LogP contribution in [0, 0.1) is 11.6 Å². The van der Waals surface area contributed by atoms with E-state index >= 15 is 0 Å². The molecule has 0 aliphatic carbocycles. The van der Waals surface area contributed by atoms with E-state index in [4.69, 9.17) is 0 Å². The van der Waals surface area contributed by atoms with E-state index in [1.54, 1.807) is 42.5 Å². The molecule has 0 aliphatic rings. The van der Waals surface area contributed by atoms with Crippen LogP contribution in [0.4, 0.5) is 8.78 Å². The summed E-state index contributed by atoms with van der Waals surface area (Å²) in [5.41, 5.74) is 2.52. The minimum Gasteiger partial charge on any atom is -0.248 e. The van der Waals surface area contributed by atoms with Crippen molar-refractivity contribution in [1.82, 2.24) is 3.97 Å². The monoisotopic (exact) mass is 395 g/mol. The molecule has 28 heavy (non-hydrogen) atoms. The molecule has 4 rings (SSSR count). The van der Waals surface area contributed by atoms with Gasteiger partial charge >= 0.3 is 0 Å². The molecule has 1 aromatic heterocycles. The number of halogens is 2. The molecular weight excluding hydrogens is 380 g/mol. The van der Waals surface area contributed by atoms with Crippen molar-refractivity contribution in [3.8, 4) is 22.3 Å². The second kappa shape index (κ2) is 7.05. The highest BCUT2D eigenvalue weighted by Crippen LogP contribution is 2.34. The molecule has 0 fully saturated rings. The van der Waals surface area contributed by atoms with Crippen LogP contribution in [-0.4, -0.2) is 12.4 Å². The minimum atomic E-state index is -3.80. The first-order valence-corrected chi connectivity index (χ1v) is 9.94. The number of nitrogens with zero attached hydrogens (tertiary/aromatic N) is 1. The summed E-state index contributed by atoms with van der Waals surface area (Å²) in [6.07, 6.45) is 2.99. The zero-order chi connectivity index (χ0) is 19.7. The molecule has 0 unspecified atom stereocenters. The van der Waals surface area contributed by atoms with Crippen LogP contribution in [0.25, 0.3) is 22.3 Å². The van der Waals surface area contributed by atoms with Gasteiger partial charge in [0, 0.05) is 23.5 Å². The Balaban J connectivity index is 1.92. The van der Waals surface area contributed by atoms with Gasteiger partial charge in [-0.25, -0.2) is 21.2 Å². The molecule has 0 saturated heterocycles. The van der Waals surface area contributed by atoms with Gasteiger partial charge in [-0.1, -0.05) is 42.5 Å². The van der Waals surface area contributed by atoms with E-state index in [0.717, 1.165) is 3.97 Å². The van der Waals surface area contributed by atoms with E-state index < -0.39 is 10.0 Å². The van der Waals surface area contributed by atoms with Crippen molar-refractivity contribution in [1.29, 1.82) is 0 Å². The van der Waals surface area contributed by atoms with Crippen LogP contribution in [0.2, 0.25) is 0 Å². The molecule has 0 N–H and O–H groups in total. The van der Waals surface area contributed by atoms with Gasteiger partial charge in [-0.2, -0.15) is 0 Å². The van der Waals surface area contributed by atoms with E-state index in [0.29, 0.717) is 22.3 Å². The van der Waals surface area contributed by atoms with Crippen molar-refractivity contribution in [2.24, 2.45) is 0 Å². The molecule has 0 bridgehead atoms. The molecule has 0 saturated carbocycles.